The number of carbonyl (C=O) groups is 3. The maximum atomic E-state index is 12.9. The smallest absolute Gasteiger partial charge is 0.407 e. The molecule has 4 rings (SSSR count). The van der Waals surface area contributed by atoms with Crippen LogP contribution < -0.4 is 10.6 Å². The lowest BCUT2D eigenvalue weighted by molar-refractivity contribution is -0.124. The van der Waals surface area contributed by atoms with Crippen LogP contribution in [-0.2, 0) is 16.1 Å². The van der Waals surface area contributed by atoms with Gasteiger partial charge in [-0.15, -0.1) is 11.3 Å². The van der Waals surface area contributed by atoms with E-state index >= 15 is 0 Å². The highest BCUT2D eigenvalue weighted by molar-refractivity contribution is 7.13. The molecule has 0 radical (unpaired) electrons. The Labute approximate surface area is 207 Å². The lowest BCUT2D eigenvalue weighted by Gasteiger charge is -2.23. The van der Waals surface area contributed by atoms with Crippen molar-refractivity contribution in [2.45, 2.75) is 38.8 Å². The highest BCUT2D eigenvalue weighted by Gasteiger charge is 2.31. The van der Waals surface area contributed by atoms with E-state index in [2.05, 4.69) is 27.8 Å². The Bertz CT molecular complexity index is 1200. The highest BCUT2D eigenvalue weighted by atomic mass is 32.1. The van der Waals surface area contributed by atoms with Gasteiger partial charge >= 0.3 is 12.1 Å². The van der Waals surface area contributed by atoms with Crippen molar-refractivity contribution in [1.29, 1.82) is 0 Å². The van der Waals surface area contributed by atoms with Crippen LogP contribution >= 0.6 is 11.3 Å². The summed E-state index contributed by atoms with van der Waals surface area (Å²) >= 11 is 0.996. The van der Waals surface area contributed by atoms with Crippen LogP contribution in [0, 0.1) is 5.92 Å². The molecule has 0 bridgehead atoms. The van der Waals surface area contributed by atoms with Gasteiger partial charge in [0.05, 0.1) is 12.7 Å². The van der Waals surface area contributed by atoms with Crippen LogP contribution in [-0.4, -0.2) is 40.7 Å². The topological polar surface area (TPSA) is 118 Å². The molecule has 8 nitrogen and oxygen atoms in total. The van der Waals surface area contributed by atoms with Crippen LogP contribution in [0.4, 0.5) is 4.79 Å². The van der Waals surface area contributed by atoms with E-state index in [4.69, 9.17) is 9.84 Å². The third kappa shape index (κ3) is 5.35. The third-order valence-corrected chi connectivity index (χ3v) is 7.28. The lowest BCUT2D eigenvalue weighted by Crippen LogP contribution is -2.50. The normalized spacial score (nSPS) is 13.9. The van der Waals surface area contributed by atoms with E-state index in [0.29, 0.717) is 11.4 Å². The van der Waals surface area contributed by atoms with E-state index in [1.807, 2.05) is 50.2 Å². The molecule has 182 valence electrons. The van der Waals surface area contributed by atoms with Gasteiger partial charge in [-0.25, -0.2) is 14.6 Å². The maximum Gasteiger partial charge on any atom is 0.407 e. The van der Waals surface area contributed by atoms with Crippen molar-refractivity contribution < 1.29 is 24.2 Å². The zero-order valence-electron chi connectivity index (χ0n) is 19.5. The van der Waals surface area contributed by atoms with Gasteiger partial charge in [-0.3, -0.25) is 4.79 Å². The van der Waals surface area contributed by atoms with Gasteiger partial charge in [0, 0.05) is 5.92 Å². The molecule has 3 aromatic rings. The van der Waals surface area contributed by atoms with Gasteiger partial charge in [-0.2, -0.15) is 0 Å². The van der Waals surface area contributed by atoms with Crippen LogP contribution in [0.2, 0.25) is 0 Å². The highest BCUT2D eigenvalue weighted by Crippen LogP contribution is 2.44. The summed E-state index contributed by atoms with van der Waals surface area (Å²) < 4.78 is 5.60. The second-order valence-corrected chi connectivity index (χ2v) is 9.59. The van der Waals surface area contributed by atoms with Crippen molar-refractivity contribution in [1.82, 2.24) is 15.6 Å². The van der Waals surface area contributed by atoms with Crippen LogP contribution in [0.25, 0.3) is 11.1 Å². The number of nitrogens with zero attached hydrogens (tertiary/aromatic N) is 1. The van der Waals surface area contributed by atoms with E-state index in [1.54, 1.807) is 0 Å². The monoisotopic (exact) mass is 493 g/mol. The molecule has 35 heavy (non-hydrogen) atoms. The second kappa shape index (κ2) is 10.7. The predicted octanol–water partition coefficient (Wildman–Crippen LogP) is 4.41. The first-order chi connectivity index (χ1) is 16.9. The Hall–Kier alpha value is -3.72. The number of thiazole rings is 1. The summed E-state index contributed by atoms with van der Waals surface area (Å²) in [5.41, 5.74) is 4.51. The first-order valence-electron chi connectivity index (χ1n) is 11.5. The number of fused-ring (bicyclic) bond motifs is 3. The van der Waals surface area contributed by atoms with Gasteiger partial charge in [0.15, 0.2) is 0 Å². The average molecular weight is 494 g/mol. The maximum absolute atomic E-state index is 12.9. The fourth-order valence-corrected chi connectivity index (χ4v) is 4.93. The quantitative estimate of drug-likeness (QED) is 0.406. The standard InChI is InChI=1S/C26H27N3O5S/c1-3-15(2)23(24(30)28-13-22-27-12-21(35-22)25(31)32)29-26(33)34-14-20-18-10-6-4-8-16(18)17-9-5-7-11-19(17)20/h4-12,15,20,23H,3,13-14H2,1-2H3,(H,28,30)(H,29,33)(H,31,32). The van der Waals surface area contributed by atoms with Crippen molar-refractivity contribution in [2.75, 3.05) is 6.61 Å². The van der Waals surface area contributed by atoms with E-state index in [0.717, 1.165) is 33.6 Å². The molecule has 9 heteroatoms. The van der Waals surface area contributed by atoms with E-state index in [-0.39, 0.29) is 35.8 Å². The fraction of sp³-hybridized carbons (Fsp3) is 0.308. The van der Waals surface area contributed by atoms with Gasteiger partial charge in [0.25, 0.3) is 0 Å². The Balaban J connectivity index is 1.38. The number of alkyl carbamates (subject to hydrolysis) is 1. The Morgan fingerprint density at radius 2 is 1.71 bits per heavy atom. The molecule has 0 spiro atoms. The van der Waals surface area contributed by atoms with Gasteiger partial charge in [0.1, 0.15) is 22.5 Å². The molecule has 2 atom stereocenters. The molecule has 0 saturated heterocycles. The molecule has 1 aromatic heterocycles. The molecular formula is C26H27N3O5S. The molecule has 2 aromatic carbocycles. The van der Waals surface area contributed by atoms with Crippen molar-refractivity contribution in [2.24, 2.45) is 5.92 Å². The number of benzene rings is 2. The van der Waals surface area contributed by atoms with Gasteiger partial charge in [0.2, 0.25) is 5.91 Å². The molecular weight excluding hydrogens is 466 g/mol. The number of carboxylic acids is 1. The van der Waals surface area contributed by atoms with Crippen molar-refractivity contribution in [3.05, 3.63) is 75.7 Å². The number of hydrogen-bond acceptors (Lipinski definition) is 6. The minimum Gasteiger partial charge on any atom is -0.477 e. The van der Waals surface area contributed by atoms with E-state index in [9.17, 15) is 14.4 Å². The van der Waals surface area contributed by atoms with Gasteiger partial charge < -0.3 is 20.5 Å². The third-order valence-electron chi connectivity index (χ3n) is 6.29. The van der Waals surface area contributed by atoms with Crippen LogP contribution in [0.15, 0.2) is 54.7 Å². The van der Waals surface area contributed by atoms with Crippen molar-refractivity contribution in [3.63, 3.8) is 0 Å². The van der Waals surface area contributed by atoms with Crippen molar-refractivity contribution >= 4 is 29.3 Å². The predicted molar refractivity (Wildman–Crippen MR) is 132 cm³/mol. The molecule has 1 heterocycles. The number of hydrogen-bond donors (Lipinski definition) is 3. The Kier molecular flexibility index (Phi) is 7.45. The summed E-state index contributed by atoms with van der Waals surface area (Å²) in [6.07, 6.45) is 1.27. The number of amides is 2. The number of aromatic carboxylic acids is 1. The molecule has 3 N–H and O–H groups in total. The van der Waals surface area contributed by atoms with Gasteiger partial charge in [-0.05, 0) is 28.2 Å². The number of nitrogens with one attached hydrogen (secondary N) is 2. The summed E-state index contributed by atoms with van der Waals surface area (Å²) in [5.74, 6) is -1.65. The van der Waals surface area contributed by atoms with E-state index in [1.165, 1.54) is 6.20 Å². The minimum absolute atomic E-state index is 0.0719. The largest absolute Gasteiger partial charge is 0.477 e. The van der Waals surface area contributed by atoms with Crippen LogP contribution in [0.5, 0.6) is 0 Å². The number of carboxylic acid groups (broad SMARTS) is 1. The molecule has 0 saturated carbocycles. The minimum atomic E-state index is -1.06. The average Bonchev–Trinajstić information content (AvgIpc) is 3.47. The van der Waals surface area contributed by atoms with E-state index < -0.39 is 18.1 Å². The molecule has 2 unspecified atom stereocenters. The molecule has 1 aliphatic carbocycles. The second-order valence-electron chi connectivity index (χ2n) is 8.47. The summed E-state index contributed by atoms with van der Waals surface area (Å²) in [4.78, 5) is 40.7. The summed E-state index contributed by atoms with van der Waals surface area (Å²) in [6.45, 7) is 4.05. The summed E-state index contributed by atoms with van der Waals surface area (Å²) in [5, 5.41) is 15.0. The SMILES string of the molecule is CCC(C)C(NC(=O)OCC1c2ccccc2-c2ccccc21)C(=O)NCc1ncc(C(=O)O)s1. The van der Waals surface area contributed by atoms with Gasteiger partial charge in [-0.1, -0.05) is 68.8 Å². The van der Waals surface area contributed by atoms with Crippen LogP contribution in [0.3, 0.4) is 0 Å². The number of rotatable bonds is 9. The summed E-state index contributed by atoms with van der Waals surface area (Å²) in [7, 11) is 0. The Morgan fingerprint density at radius 3 is 2.29 bits per heavy atom. The van der Waals surface area contributed by atoms with Crippen LogP contribution in [0.1, 0.15) is 52.0 Å². The Morgan fingerprint density at radius 1 is 1.09 bits per heavy atom. The zero-order chi connectivity index (χ0) is 24.9. The molecule has 0 fully saturated rings. The first-order valence-corrected chi connectivity index (χ1v) is 12.3. The lowest BCUT2D eigenvalue weighted by atomic mass is 9.98. The number of ether oxygens (including phenoxy) is 1. The molecule has 2 amide bonds. The first kappa shape index (κ1) is 24.4. The fourth-order valence-electron chi connectivity index (χ4n) is 4.23. The number of aromatic nitrogens is 1. The zero-order valence-corrected chi connectivity index (χ0v) is 20.3. The van der Waals surface area contributed by atoms with Crippen molar-refractivity contribution in [3.8, 4) is 11.1 Å². The molecule has 1 aliphatic rings. The summed E-state index contributed by atoms with van der Waals surface area (Å²) in [6, 6.07) is 15.4. The number of carbonyl (C=O) groups excluding carboxylic acids is 2. The molecule has 0 aliphatic heterocycles.